The van der Waals surface area contributed by atoms with Gasteiger partial charge in [-0.15, -0.1) is 0 Å². The summed E-state index contributed by atoms with van der Waals surface area (Å²) >= 11 is 0. The largest absolute Gasteiger partial charge is 0.312 e. The molecule has 2 heteroatoms. The number of nitrogens with one attached hydrogen (secondary N) is 1. The zero-order valence-corrected chi connectivity index (χ0v) is 9.62. The fourth-order valence-corrected chi connectivity index (χ4v) is 1.59. The van der Waals surface area contributed by atoms with Crippen LogP contribution in [0.15, 0.2) is 24.3 Å². The van der Waals surface area contributed by atoms with Crippen LogP contribution in [0.5, 0.6) is 0 Å². The molecule has 1 rings (SSSR count). The van der Waals surface area contributed by atoms with E-state index < -0.39 is 0 Å². The van der Waals surface area contributed by atoms with E-state index in [0.29, 0.717) is 12.3 Å². The molecule has 1 aromatic rings. The molecule has 15 heavy (non-hydrogen) atoms. The molecule has 2 nitrogen and oxygen atoms in total. The number of hydrogen-bond acceptors (Lipinski definition) is 2. The molecule has 0 aliphatic carbocycles. The zero-order chi connectivity index (χ0) is 11.3. The Morgan fingerprint density at radius 1 is 1.20 bits per heavy atom. The summed E-state index contributed by atoms with van der Waals surface area (Å²) < 4.78 is 0. The van der Waals surface area contributed by atoms with Gasteiger partial charge in [-0.25, -0.2) is 0 Å². The van der Waals surface area contributed by atoms with E-state index in [1.54, 1.807) is 0 Å². The van der Waals surface area contributed by atoms with Gasteiger partial charge in [0.2, 0.25) is 0 Å². The number of nitriles is 1. The van der Waals surface area contributed by atoms with E-state index >= 15 is 0 Å². The van der Waals surface area contributed by atoms with Crippen LogP contribution in [0.1, 0.15) is 43.4 Å². The molecule has 0 spiro atoms. The van der Waals surface area contributed by atoms with E-state index in [9.17, 15) is 0 Å². The van der Waals surface area contributed by atoms with Crippen LogP contribution in [0.3, 0.4) is 0 Å². The molecule has 1 N–H and O–H groups in total. The van der Waals surface area contributed by atoms with E-state index in [1.807, 2.05) is 7.05 Å². The summed E-state index contributed by atoms with van der Waals surface area (Å²) in [5, 5.41) is 11.8. The molecule has 0 fully saturated rings. The molecule has 0 radical (unpaired) electrons. The second-order valence-corrected chi connectivity index (χ2v) is 4.02. The van der Waals surface area contributed by atoms with E-state index in [1.165, 1.54) is 11.1 Å². The maximum absolute atomic E-state index is 8.68. The third-order valence-corrected chi connectivity index (χ3v) is 2.65. The van der Waals surface area contributed by atoms with Gasteiger partial charge in [0, 0.05) is 6.04 Å². The predicted molar refractivity (Wildman–Crippen MR) is 62.6 cm³/mol. The fourth-order valence-electron chi connectivity index (χ4n) is 1.59. The van der Waals surface area contributed by atoms with Crippen molar-refractivity contribution in [2.75, 3.05) is 7.05 Å². The first kappa shape index (κ1) is 11.7. The van der Waals surface area contributed by atoms with Gasteiger partial charge < -0.3 is 5.32 Å². The van der Waals surface area contributed by atoms with Gasteiger partial charge in [-0.1, -0.05) is 38.1 Å². The lowest BCUT2D eigenvalue weighted by atomic mass is 9.98. The molecule has 0 aliphatic heterocycles. The highest BCUT2D eigenvalue weighted by atomic mass is 14.9. The smallest absolute Gasteiger partial charge is 0.0641 e. The molecule has 0 saturated carbocycles. The number of benzene rings is 1. The van der Waals surface area contributed by atoms with Crippen molar-refractivity contribution in [1.29, 1.82) is 5.26 Å². The Morgan fingerprint density at radius 2 is 1.73 bits per heavy atom. The van der Waals surface area contributed by atoms with Crippen LogP contribution in [0.25, 0.3) is 0 Å². The summed E-state index contributed by atoms with van der Waals surface area (Å²) in [7, 11) is 1.89. The average molecular weight is 202 g/mol. The first-order chi connectivity index (χ1) is 7.19. The first-order valence-corrected chi connectivity index (χ1v) is 5.33. The van der Waals surface area contributed by atoms with Crippen molar-refractivity contribution in [2.45, 2.75) is 32.2 Å². The van der Waals surface area contributed by atoms with Crippen LogP contribution in [0, 0.1) is 11.3 Å². The van der Waals surface area contributed by atoms with Crippen molar-refractivity contribution >= 4 is 0 Å². The molecule has 1 unspecified atom stereocenters. The Balaban J connectivity index is 2.83. The van der Waals surface area contributed by atoms with Crippen molar-refractivity contribution in [3.8, 4) is 6.07 Å². The topological polar surface area (TPSA) is 35.8 Å². The lowest BCUT2D eigenvalue weighted by molar-refractivity contribution is 0.608. The molecule has 0 amide bonds. The summed E-state index contributed by atoms with van der Waals surface area (Å²) in [6, 6.07) is 10.8. The summed E-state index contributed by atoms with van der Waals surface area (Å²) in [6.07, 6.45) is 0.511. The molecule has 0 aliphatic rings. The number of rotatable bonds is 4. The SMILES string of the molecule is CNC(CC#N)c1ccc(C(C)C)cc1. The Hall–Kier alpha value is -1.33. The molecule has 1 aromatic carbocycles. The van der Waals surface area contributed by atoms with Gasteiger partial charge in [-0.3, -0.25) is 0 Å². The number of hydrogen-bond donors (Lipinski definition) is 1. The van der Waals surface area contributed by atoms with E-state index in [-0.39, 0.29) is 6.04 Å². The minimum absolute atomic E-state index is 0.149. The van der Waals surface area contributed by atoms with E-state index in [2.05, 4.69) is 49.5 Å². The van der Waals surface area contributed by atoms with Gasteiger partial charge in [0.25, 0.3) is 0 Å². The third kappa shape index (κ3) is 3.07. The first-order valence-electron chi connectivity index (χ1n) is 5.33. The average Bonchev–Trinajstić information content (AvgIpc) is 2.26. The molecule has 0 aromatic heterocycles. The monoisotopic (exact) mass is 202 g/mol. The number of nitrogens with zero attached hydrogens (tertiary/aromatic N) is 1. The summed E-state index contributed by atoms with van der Waals surface area (Å²) in [4.78, 5) is 0. The Labute approximate surface area is 91.9 Å². The third-order valence-electron chi connectivity index (χ3n) is 2.65. The van der Waals surface area contributed by atoms with Gasteiger partial charge in [0.15, 0.2) is 0 Å². The van der Waals surface area contributed by atoms with Gasteiger partial charge in [0.05, 0.1) is 12.5 Å². The van der Waals surface area contributed by atoms with Gasteiger partial charge in [0.1, 0.15) is 0 Å². The second-order valence-electron chi connectivity index (χ2n) is 4.02. The molecule has 0 saturated heterocycles. The second kappa shape index (κ2) is 5.53. The maximum atomic E-state index is 8.68. The fraction of sp³-hybridized carbons (Fsp3) is 0.462. The Kier molecular flexibility index (Phi) is 4.33. The standard InChI is InChI=1S/C13H18N2/c1-10(2)11-4-6-12(7-5-11)13(15-3)8-9-14/h4-7,10,13,15H,8H2,1-3H3. The van der Waals surface area contributed by atoms with Crippen LogP contribution < -0.4 is 5.32 Å². The van der Waals surface area contributed by atoms with Crippen molar-refractivity contribution in [2.24, 2.45) is 0 Å². The normalized spacial score (nSPS) is 12.5. The van der Waals surface area contributed by atoms with Crippen LogP contribution >= 0.6 is 0 Å². The lowest BCUT2D eigenvalue weighted by Gasteiger charge is -2.14. The van der Waals surface area contributed by atoms with Crippen molar-refractivity contribution < 1.29 is 0 Å². The minimum Gasteiger partial charge on any atom is -0.312 e. The molecule has 0 bridgehead atoms. The zero-order valence-electron chi connectivity index (χ0n) is 9.62. The highest BCUT2D eigenvalue weighted by Gasteiger charge is 2.08. The van der Waals surface area contributed by atoms with Crippen LogP contribution in [-0.2, 0) is 0 Å². The maximum Gasteiger partial charge on any atom is 0.0641 e. The lowest BCUT2D eigenvalue weighted by Crippen LogP contribution is -2.15. The quantitative estimate of drug-likeness (QED) is 0.814. The summed E-state index contributed by atoms with van der Waals surface area (Å²) in [6.45, 7) is 4.36. The van der Waals surface area contributed by atoms with Crippen LogP contribution in [-0.4, -0.2) is 7.05 Å². The Bertz CT molecular complexity index is 333. The molecule has 80 valence electrons. The van der Waals surface area contributed by atoms with Crippen molar-refractivity contribution in [1.82, 2.24) is 5.32 Å². The molecule has 0 heterocycles. The van der Waals surface area contributed by atoms with Gasteiger partial charge in [-0.05, 0) is 24.1 Å². The van der Waals surface area contributed by atoms with Crippen LogP contribution in [0.2, 0.25) is 0 Å². The van der Waals surface area contributed by atoms with Crippen molar-refractivity contribution in [3.63, 3.8) is 0 Å². The van der Waals surface area contributed by atoms with Crippen LogP contribution in [0.4, 0.5) is 0 Å². The predicted octanol–water partition coefficient (Wildman–Crippen LogP) is 2.98. The van der Waals surface area contributed by atoms with Crippen molar-refractivity contribution in [3.05, 3.63) is 35.4 Å². The summed E-state index contributed by atoms with van der Waals surface area (Å²) in [5.74, 6) is 0.558. The highest BCUT2D eigenvalue weighted by Crippen LogP contribution is 2.20. The van der Waals surface area contributed by atoms with Gasteiger partial charge >= 0.3 is 0 Å². The molecular weight excluding hydrogens is 184 g/mol. The highest BCUT2D eigenvalue weighted by molar-refractivity contribution is 5.27. The minimum atomic E-state index is 0.149. The molecule has 1 atom stereocenters. The molecular formula is C13H18N2. The van der Waals surface area contributed by atoms with Gasteiger partial charge in [-0.2, -0.15) is 5.26 Å². The van der Waals surface area contributed by atoms with E-state index in [4.69, 9.17) is 5.26 Å². The summed E-state index contributed by atoms with van der Waals surface area (Å²) in [5.41, 5.74) is 2.52. The Morgan fingerprint density at radius 3 is 2.13 bits per heavy atom. The van der Waals surface area contributed by atoms with E-state index in [0.717, 1.165) is 0 Å².